The van der Waals surface area contributed by atoms with Gasteiger partial charge >= 0.3 is 5.97 Å². The Morgan fingerprint density at radius 1 is 1.39 bits per heavy atom. The molecule has 0 bridgehead atoms. The van der Waals surface area contributed by atoms with Gasteiger partial charge in [-0.3, -0.25) is 0 Å². The summed E-state index contributed by atoms with van der Waals surface area (Å²) >= 11 is 3.35. The van der Waals surface area contributed by atoms with Crippen LogP contribution in [0.25, 0.3) is 0 Å². The van der Waals surface area contributed by atoms with Crippen LogP contribution >= 0.6 is 15.9 Å². The van der Waals surface area contributed by atoms with Crippen molar-refractivity contribution in [3.05, 3.63) is 46.6 Å². The fourth-order valence-corrected chi connectivity index (χ4v) is 1.86. The number of aromatic carboxylic acids is 1. The van der Waals surface area contributed by atoms with Gasteiger partial charge < -0.3 is 16.2 Å². The minimum absolute atomic E-state index is 0.0301. The summed E-state index contributed by atoms with van der Waals surface area (Å²) < 4.78 is 0.903. The van der Waals surface area contributed by atoms with E-state index >= 15 is 0 Å². The van der Waals surface area contributed by atoms with Crippen molar-refractivity contribution in [3.63, 3.8) is 0 Å². The number of hydrogen-bond acceptors (Lipinski definition) is 4. The number of carbonyl (C=O) groups is 1. The number of halogens is 1. The number of anilines is 3. The lowest BCUT2D eigenvalue weighted by molar-refractivity contribution is 0.0698. The van der Waals surface area contributed by atoms with Crippen LogP contribution in [-0.2, 0) is 0 Å². The van der Waals surface area contributed by atoms with Crippen LogP contribution in [0.15, 0.2) is 41.0 Å². The van der Waals surface area contributed by atoms with Gasteiger partial charge in [-0.15, -0.1) is 0 Å². The van der Waals surface area contributed by atoms with E-state index in [-0.39, 0.29) is 11.3 Å². The van der Waals surface area contributed by atoms with Crippen LogP contribution in [-0.4, -0.2) is 16.1 Å². The van der Waals surface area contributed by atoms with Gasteiger partial charge in [-0.1, -0.05) is 22.0 Å². The summed E-state index contributed by atoms with van der Waals surface area (Å²) in [6, 6.07) is 8.77. The van der Waals surface area contributed by atoms with Crippen molar-refractivity contribution in [1.82, 2.24) is 4.98 Å². The minimum atomic E-state index is -1.08. The van der Waals surface area contributed by atoms with Crippen LogP contribution in [0.4, 0.5) is 17.2 Å². The molecule has 0 unspecified atom stereocenters. The first-order chi connectivity index (χ1) is 8.58. The summed E-state index contributed by atoms with van der Waals surface area (Å²) in [6.45, 7) is 0. The molecule has 0 aliphatic heterocycles. The number of nitrogen functional groups attached to an aromatic ring is 1. The van der Waals surface area contributed by atoms with Crippen LogP contribution in [0.2, 0.25) is 0 Å². The molecule has 92 valence electrons. The molecule has 4 N–H and O–H groups in total. The summed E-state index contributed by atoms with van der Waals surface area (Å²) in [4.78, 5) is 15.0. The second-order valence-corrected chi connectivity index (χ2v) is 4.48. The van der Waals surface area contributed by atoms with Gasteiger partial charge in [-0.2, -0.15) is 0 Å². The highest BCUT2D eigenvalue weighted by molar-refractivity contribution is 9.10. The van der Waals surface area contributed by atoms with E-state index in [0.717, 1.165) is 10.2 Å². The van der Waals surface area contributed by atoms with E-state index < -0.39 is 5.97 Å². The molecule has 0 fully saturated rings. The first-order valence-corrected chi connectivity index (χ1v) is 5.87. The van der Waals surface area contributed by atoms with Gasteiger partial charge in [0.1, 0.15) is 0 Å². The summed E-state index contributed by atoms with van der Waals surface area (Å²) in [5.74, 6) is -0.750. The number of benzene rings is 1. The van der Waals surface area contributed by atoms with Crippen molar-refractivity contribution in [1.29, 1.82) is 0 Å². The second kappa shape index (κ2) is 5.05. The van der Waals surface area contributed by atoms with Crippen molar-refractivity contribution >= 4 is 39.1 Å². The molecule has 0 amide bonds. The van der Waals surface area contributed by atoms with E-state index in [4.69, 9.17) is 10.8 Å². The van der Waals surface area contributed by atoms with Gasteiger partial charge in [-0.05, 0) is 24.3 Å². The Morgan fingerprint density at radius 2 is 2.17 bits per heavy atom. The van der Waals surface area contributed by atoms with Crippen molar-refractivity contribution in [2.45, 2.75) is 0 Å². The third kappa shape index (κ3) is 2.60. The lowest BCUT2D eigenvalue weighted by Crippen LogP contribution is -2.06. The molecule has 6 heteroatoms. The number of nitrogens with zero attached hydrogens (tertiary/aromatic N) is 1. The highest BCUT2D eigenvalue weighted by atomic mass is 79.9. The van der Waals surface area contributed by atoms with Gasteiger partial charge in [0.25, 0.3) is 0 Å². The SMILES string of the molecule is Nc1c(C(=O)O)ccnc1Nc1cccc(Br)c1. The molecule has 2 rings (SSSR count). The molecule has 0 radical (unpaired) electrons. The van der Waals surface area contributed by atoms with E-state index in [1.807, 2.05) is 24.3 Å². The van der Waals surface area contributed by atoms with E-state index in [2.05, 4.69) is 26.2 Å². The number of aromatic nitrogens is 1. The lowest BCUT2D eigenvalue weighted by Gasteiger charge is -2.10. The van der Waals surface area contributed by atoms with E-state index in [9.17, 15) is 4.79 Å². The van der Waals surface area contributed by atoms with Gasteiger partial charge in [0.15, 0.2) is 5.82 Å². The number of rotatable bonds is 3. The number of carboxylic acid groups (broad SMARTS) is 1. The number of nitrogens with one attached hydrogen (secondary N) is 1. The molecular formula is C12H10BrN3O2. The molecule has 18 heavy (non-hydrogen) atoms. The topological polar surface area (TPSA) is 88.2 Å². The van der Waals surface area contributed by atoms with E-state index in [1.165, 1.54) is 12.3 Å². The van der Waals surface area contributed by atoms with Gasteiger partial charge in [0.05, 0.1) is 11.3 Å². The predicted molar refractivity (Wildman–Crippen MR) is 73.0 cm³/mol. The molecule has 0 spiro atoms. The average molecular weight is 308 g/mol. The largest absolute Gasteiger partial charge is 0.478 e. The maximum absolute atomic E-state index is 10.9. The summed E-state index contributed by atoms with van der Waals surface area (Å²) in [5.41, 5.74) is 6.67. The Balaban J connectivity index is 2.35. The average Bonchev–Trinajstić information content (AvgIpc) is 2.31. The van der Waals surface area contributed by atoms with Crippen molar-refractivity contribution in [2.75, 3.05) is 11.1 Å². The normalized spacial score (nSPS) is 10.1. The Bertz CT molecular complexity index is 602. The maximum atomic E-state index is 10.9. The van der Waals surface area contributed by atoms with Gasteiger partial charge in [0, 0.05) is 16.4 Å². The molecule has 0 saturated carbocycles. The molecule has 2 aromatic rings. The van der Waals surface area contributed by atoms with E-state index in [1.54, 1.807) is 0 Å². The fraction of sp³-hybridized carbons (Fsp3) is 0. The molecular weight excluding hydrogens is 298 g/mol. The van der Waals surface area contributed by atoms with Gasteiger partial charge in [0.2, 0.25) is 0 Å². The minimum Gasteiger partial charge on any atom is -0.478 e. The highest BCUT2D eigenvalue weighted by Crippen LogP contribution is 2.25. The molecule has 1 aromatic heterocycles. The Labute approximate surface area is 112 Å². The first kappa shape index (κ1) is 12.4. The van der Waals surface area contributed by atoms with Crippen LogP contribution < -0.4 is 11.1 Å². The maximum Gasteiger partial charge on any atom is 0.337 e. The Kier molecular flexibility index (Phi) is 3.47. The van der Waals surface area contributed by atoms with Crippen molar-refractivity contribution < 1.29 is 9.90 Å². The van der Waals surface area contributed by atoms with Crippen molar-refractivity contribution in [3.8, 4) is 0 Å². The van der Waals surface area contributed by atoms with Crippen LogP contribution in [0.1, 0.15) is 10.4 Å². The molecule has 1 aromatic carbocycles. The molecule has 0 aliphatic rings. The van der Waals surface area contributed by atoms with Crippen LogP contribution in [0, 0.1) is 0 Å². The Morgan fingerprint density at radius 3 is 2.83 bits per heavy atom. The molecule has 5 nitrogen and oxygen atoms in total. The molecule has 0 aliphatic carbocycles. The zero-order chi connectivity index (χ0) is 13.1. The predicted octanol–water partition coefficient (Wildman–Crippen LogP) is 2.87. The number of nitrogens with two attached hydrogens (primary N) is 1. The van der Waals surface area contributed by atoms with E-state index in [0.29, 0.717) is 5.82 Å². The number of carboxylic acids is 1. The monoisotopic (exact) mass is 307 g/mol. The summed E-state index contributed by atoms with van der Waals surface area (Å²) in [5, 5.41) is 11.9. The molecule has 0 atom stereocenters. The zero-order valence-corrected chi connectivity index (χ0v) is 10.8. The Hall–Kier alpha value is -2.08. The lowest BCUT2D eigenvalue weighted by atomic mass is 10.2. The van der Waals surface area contributed by atoms with Crippen molar-refractivity contribution in [2.24, 2.45) is 0 Å². The smallest absolute Gasteiger partial charge is 0.337 e. The fourth-order valence-electron chi connectivity index (χ4n) is 1.46. The zero-order valence-electron chi connectivity index (χ0n) is 9.22. The second-order valence-electron chi connectivity index (χ2n) is 3.56. The number of hydrogen-bond donors (Lipinski definition) is 3. The summed E-state index contributed by atoms with van der Waals surface area (Å²) in [7, 11) is 0. The number of pyridine rings is 1. The highest BCUT2D eigenvalue weighted by Gasteiger charge is 2.12. The standard InChI is InChI=1S/C12H10BrN3O2/c13-7-2-1-3-8(6-7)16-11-10(14)9(12(17)18)4-5-15-11/h1-6H,14H2,(H,15,16)(H,17,18). The molecule has 1 heterocycles. The molecule has 0 saturated heterocycles. The summed E-state index contributed by atoms with van der Waals surface area (Å²) in [6.07, 6.45) is 1.40. The van der Waals surface area contributed by atoms with Gasteiger partial charge in [-0.25, -0.2) is 9.78 Å². The quantitative estimate of drug-likeness (QED) is 0.811. The first-order valence-electron chi connectivity index (χ1n) is 5.08. The third-order valence-electron chi connectivity index (χ3n) is 2.31. The van der Waals surface area contributed by atoms with Crippen LogP contribution in [0.5, 0.6) is 0 Å². The van der Waals surface area contributed by atoms with Crippen LogP contribution in [0.3, 0.4) is 0 Å². The third-order valence-corrected chi connectivity index (χ3v) is 2.80.